The van der Waals surface area contributed by atoms with Gasteiger partial charge in [0.25, 0.3) is 5.91 Å². The van der Waals surface area contributed by atoms with Gasteiger partial charge in [-0.15, -0.1) is 0 Å². The second kappa shape index (κ2) is 7.14. The van der Waals surface area contributed by atoms with E-state index < -0.39 is 0 Å². The highest BCUT2D eigenvalue weighted by molar-refractivity contribution is 5.91. The number of imidazole rings is 1. The number of carbonyl (C=O) groups is 2. The molecule has 2 aromatic heterocycles. The molecule has 0 atom stereocenters. The van der Waals surface area contributed by atoms with E-state index in [1.54, 1.807) is 28.0 Å². The molecule has 0 aliphatic carbocycles. The fourth-order valence-corrected chi connectivity index (χ4v) is 3.40. The molecule has 0 unspecified atom stereocenters. The Balaban J connectivity index is 1.40. The molecule has 8 nitrogen and oxygen atoms in total. The summed E-state index contributed by atoms with van der Waals surface area (Å²) < 4.78 is 5.18. The smallest absolute Gasteiger partial charge is 0.323 e. The minimum absolute atomic E-state index is 0.0135. The van der Waals surface area contributed by atoms with Crippen LogP contribution in [-0.4, -0.2) is 57.8 Å². The lowest BCUT2D eigenvalue weighted by molar-refractivity contribution is -0.130. The van der Waals surface area contributed by atoms with E-state index in [4.69, 9.17) is 4.42 Å². The molecule has 1 aromatic carbocycles. The quantitative estimate of drug-likeness (QED) is 0.729. The zero-order valence-electron chi connectivity index (χ0n) is 14.7. The number of aromatic nitrogens is 2. The minimum Gasteiger partial charge on any atom is -0.459 e. The SMILES string of the molecule is O=C(Cc1ccc2[nH]c(=O)[nH]c2c1)N1CCCN(C(=O)c2ccco2)CC1. The van der Waals surface area contributed by atoms with Gasteiger partial charge in [0.2, 0.25) is 5.91 Å². The predicted octanol–water partition coefficient (Wildman–Crippen LogP) is 1.37. The lowest BCUT2D eigenvalue weighted by Gasteiger charge is -2.21. The molecule has 1 aliphatic heterocycles. The van der Waals surface area contributed by atoms with Crippen LogP contribution in [0, 0.1) is 0 Å². The van der Waals surface area contributed by atoms with Crippen LogP contribution in [0.15, 0.2) is 45.8 Å². The van der Waals surface area contributed by atoms with Crippen LogP contribution >= 0.6 is 0 Å². The van der Waals surface area contributed by atoms with Gasteiger partial charge in [0.05, 0.1) is 23.7 Å². The third-order valence-electron chi connectivity index (χ3n) is 4.80. The molecule has 3 aromatic rings. The van der Waals surface area contributed by atoms with Gasteiger partial charge in [0, 0.05) is 26.2 Å². The second-order valence-electron chi connectivity index (χ2n) is 6.64. The topological polar surface area (TPSA) is 102 Å². The van der Waals surface area contributed by atoms with E-state index in [1.807, 2.05) is 12.1 Å². The second-order valence-corrected chi connectivity index (χ2v) is 6.64. The van der Waals surface area contributed by atoms with Crippen molar-refractivity contribution in [1.82, 2.24) is 19.8 Å². The van der Waals surface area contributed by atoms with E-state index in [9.17, 15) is 14.4 Å². The summed E-state index contributed by atoms with van der Waals surface area (Å²) in [7, 11) is 0. The molecule has 0 spiro atoms. The van der Waals surface area contributed by atoms with Crippen LogP contribution in [0.4, 0.5) is 0 Å². The number of nitrogens with one attached hydrogen (secondary N) is 2. The maximum Gasteiger partial charge on any atom is 0.323 e. The number of aromatic amines is 2. The van der Waals surface area contributed by atoms with E-state index in [2.05, 4.69) is 9.97 Å². The Morgan fingerprint density at radius 3 is 2.59 bits per heavy atom. The highest BCUT2D eigenvalue weighted by Crippen LogP contribution is 2.14. The van der Waals surface area contributed by atoms with Crippen molar-refractivity contribution in [2.24, 2.45) is 0 Å². The first-order chi connectivity index (χ1) is 13.1. The van der Waals surface area contributed by atoms with Crippen molar-refractivity contribution in [1.29, 1.82) is 0 Å². The van der Waals surface area contributed by atoms with Crippen LogP contribution in [0.3, 0.4) is 0 Å². The number of hydrogen-bond acceptors (Lipinski definition) is 4. The standard InChI is InChI=1S/C19H20N4O4/c24-17(12-13-4-5-14-15(11-13)21-19(26)20-14)22-6-2-7-23(9-8-22)18(25)16-3-1-10-27-16/h1,3-5,10-11H,2,6-9,12H2,(H2,20,21,26). The predicted molar refractivity (Wildman–Crippen MR) is 98.4 cm³/mol. The number of H-pyrrole nitrogens is 2. The molecule has 3 heterocycles. The van der Waals surface area contributed by atoms with E-state index in [-0.39, 0.29) is 23.9 Å². The molecular formula is C19H20N4O4. The molecule has 27 heavy (non-hydrogen) atoms. The highest BCUT2D eigenvalue weighted by atomic mass is 16.3. The Hall–Kier alpha value is -3.29. The third-order valence-corrected chi connectivity index (χ3v) is 4.80. The first kappa shape index (κ1) is 17.1. The summed E-state index contributed by atoms with van der Waals surface area (Å²) in [6.07, 6.45) is 2.47. The lowest BCUT2D eigenvalue weighted by Crippen LogP contribution is -2.37. The number of amides is 2. The van der Waals surface area contributed by atoms with Gasteiger partial charge in [0.1, 0.15) is 0 Å². The van der Waals surface area contributed by atoms with Crippen molar-refractivity contribution < 1.29 is 14.0 Å². The Morgan fingerprint density at radius 1 is 1.00 bits per heavy atom. The summed E-state index contributed by atoms with van der Waals surface area (Å²) in [6.45, 7) is 2.19. The monoisotopic (exact) mass is 368 g/mol. The van der Waals surface area contributed by atoms with Gasteiger partial charge in [-0.1, -0.05) is 6.07 Å². The average Bonchev–Trinajstić information content (AvgIpc) is 3.23. The van der Waals surface area contributed by atoms with Crippen molar-refractivity contribution in [3.05, 3.63) is 58.4 Å². The van der Waals surface area contributed by atoms with Crippen LogP contribution in [-0.2, 0) is 11.2 Å². The number of benzene rings is 1. The molecule has 2 N–H and O–H groups in total. The van der Waals surface area contributed by atoms with Crippen molar-refractivity contribution in [2.75, 3.05) is 26.2 Å². The summed E-state index contributed by atoms with van der Waals surface area (Å²) in [4.78, 5) is 45.4. The minimum atomic E-state index is -0.262. The van der Waals surface area contributed by atoms with Gasteiger partial charge < -0.3 is 24.2 Å². The first-order valence-electron chi connectivity index (χ1n) is 8.91. The molecule has 2 amide bonds. The van der Waals surface area contributed by atoms with E-state index in [0.717, 1.165) is 17.5 Å². The number of hydrogen-bond donors (Lipinski definition) is 2. The van der Waals surface area contributed by atoms with Gasteiger partial charge in [-0.25, -0.2) is 4.79 Å². The number of nitrogens with zero attached hydrogens (tertiary/aromatic N) is 2. The van der Waals surface area contributed by atoms with Crippen LogP contribution in [0.25, 0.3) is 11.0 Å². The maximum absolute atomic E-state index is 12.7. The number of rotatable bonds is 3. The zero-order valence-corrected chi connectivity index (χ0v) is 14.7. The van der Waals surface area contributed by atoms with Gasteiger partial charge in [-0.05, 0) is 36.2 Å². The van der Waals surface area contributed by atoms with E-state index in [0.29, 0.717) is 37.5 Å². The largest absolute Gasteiger partial charge is 0.459 e. The summed E-state index contributed by atoms with van der Waals surface area (Å²) in [6, 6.07) is 8.79. The van der Waals surface area contributed by atoms with E-state index in [1.165, 1.54) is 6.26 Å². The summed E-state index contributed by atoms with van der Waals surface area (Å²) in [5.41, 5.74) is 1.99. The van der Waals surface area contributed by atoms with Crippen molar-refractivity contribution in [2.45, 2.75) is 12.8 Å². The molecule has 1 aliphatic rings. The molecule has 1 saturated heterocycles. The molecule has 0 radical (unpaired) electrons. The molecule has 0 saturated carbocycles. The number of furan rings is 1. The summed E-state index contributed by atoms with van der Waals surface area (Å²) in [5.74, 6) is 0.194. The summed E-state index contributed by atoms with van der Waals surface area (Å²) in [5, 5.41) is 0. The third kappa shape index (κ3) is 3.64. The Kier molecular flexibility index (Phi) is 4.53. The van der Waals surface area contributed by atoms with Crippen LogP contribution in [0.5, 0.6) is 0 Å². The van der Waals surface area contributed by atoms with Gasteiger partial charge in [-0.3, -0.25) is 9.59 Å². The zero-order chi connectivity index (χ0) is 18.8. The Labute approximate surface area is 154 Å². The molecule has 1 fully saturated rings. The van der Waals surface area contributed by atoms with Crippen LogP contribution in [0.1, 0.15) is 22.5 Å². The molecule has 140 valence electrons. The van der Waals surface area contributed by atoms with Crippen LogP contribution in [0.2, 0.25) is 0 Å². The van der Waals surface area contributed by atoms with Crippen molar-refractivity contribution in [3.8, 4) is 0 Å². The van der Waals surface area contributed by atoms with Gasteiger partial charge >= 0.3 is 5.69 Å². The Bertz CT molecular complexity index is 1020. The Morgan fingerprint density at radius 2 is 1.78 bits per heavy atom. The summed E-state index contributed by atoms with van der Waals surface area (Å²) >= 11 is 0. The van der Waals surface area contributed by atoms with E-state index >= 15 is 0 Å². The fourth-order valence-electron chi connectivity index (χ4n) is 3.40. The molecule has 4 rings (SSSR count). The molecule has 0 bridgehead atoms. The average molecular weight is 368 g/mol. The van der Waals surface area contributed by atoms with Crippen LogP contribution < -0.4 is 5.69 Å². The molecular weight excluding hydrogens is 348 g/mol. The van der Waals surface area contributed by atoms with Crippen molar-refractivity contribution in [3.63, 3.8) is 0 Å². The van der Waals surface area contributed by atoms with Crippen molar-refractivity contribution >= 4 is 22.8 Å². The first-order valence-corrected chi connectivity index (χ1v) is 8.91. The number of carbonyl (C=O) groups excluding carboxylic acids is 2. The fraction of sp³-hybridized carbons (Fsp3) is 0.316. The normalized spacial score (nSPS) is 15.1. The molecule has 8 heteroatoms. The van der Waals surface area contributed by atoms with Gasteiger partial charge in [-0.2, -0.15) is 0 Å². The van der Waals surface area contributed by atoms with Gasteiger partial charge in [0.15, 0.2) is 5.76 Å². The maximum atomic E-state index is 12.7. The lowest BCUT2D eigenvalue weighted by atomic mass is 10.1. The number of fused-ring (bicyclic) bond motifs is 1. The highest BCUT2D eigenvalue weighted by Gasteiger charge is 2.24.